The second-order valence-electron chi connectivity index (χ2n) is 8.17. The van der Waals surface area contributed by atoms with Gasteiger partial charge in [-0.1, -0.05) is 30.4 Å². The van der Waals surface area contributed by atoms with Gasteiger partial charge in [0.25, 0.3) is 0 Å². The van der Waals surface area contributed by atoms with Crippen molar-refractivity contribution in [2.75, 3.05) is 0 Å². The molecule has 5 atom stereocenters. The van der Waals surface area contributed by atoms with Gasteiger partial charge in [0.2, 0.25) is 0 Å². The molecule has 1 N–H and O–H groups in total. The van der Waals surface area contributed by atoms with Crippen LogP contribution in [0.2, 0.25) is 0 Å². The minimum absolute atomic E-state index is 0.0298. The molecule has 0 aromatic heterocycles. The largest absolute Gasteiger partial charge is 0.460 e. The summed E-state index contributed by atoms with van der Waals surface area (Å²) in [5.74, 6) is -1.56. The highest BCUT2D eigenvalue weighted by Crippen LogP contribution is 2.38. The maximum absolute atomic E-state index is 13.7. The van der Waals surface area contributed by atoms with E-state index in [4.69, 9.17) is 9.47 Å². The molecule has 6 heteroatoms. The number of carbonyl (C=O) groups excluding carboxylic acids is 2. The third kappa shape index (κ3) is 6.89. The monoisotopic (exact) mass is 428 g/mol. The van der Waals surface area contributed by atoms with Crippen LogP contribution in [0, 0.1) is 17.7 Å². The molecule has 0 unspecified atom stereocenters. The van der Waals surface area contributed by atoms with Crippen molar-refractivity contribution in [3.63, 3.8) is 0 Å². The van der Waals surface area contributed by atoms with E-state index in [0.717, 1.165) is 19.3 Å². The average molecular weight is 429 g/mol. The first-order valence-corrected chi connectivity index (χ1v) is 10.8. The highest BCUT2D eigenvalue weighted by Gasteiger charge is 2.38. The molecule has 5 nitrogen and oxygen atoms in total. The molecule has 1 aromatic rings. The average Bonchev–Trinajstić information content (AvgIpc) is 3.13. The van der Waals surface area contributed by atoms with Crippen LogP contribution >= 0.6 is 0 Å². The Kier molecular flexibility index (Phi) is 8.18. The number of hydrogen-bond acceptors (Lipinski definition) is 5. The smallest absolute Gasteiger partial charge is 0.331 e. The molecule has 0 bridgehead atoms. The van der Waals surface area contributed by atoms with Crippen molar-refractivity contribution >= 4 is 18.0 Å². The van der Waals surface area contributed by atoms with Gasteiger partial charge in [0.15, 0.2) is 0 Å². The van der Waals surface area contributed by atoms with E-state index < -0.39 is 23.9 Å². The Balaban J connectivity index is 1.64. The van der Waals surface area contributed by atoms with Gasteiger partial charge in [-0.3, -0.25) is 0 Å². The summed E-state index contributed by atoms with van der Waals surface area (Å²) in [6, 6.07) is 6.18. The van der Waals surface area contributed by atoms with Gasteiger partial charge >= 0.3 is 11.9 Å². The highest BCUT2D eigenvalue weighted by atomic mass is 19.1. The number of rotatable bonds is 3. The first-order chi connectivity index (χ1) is 14.9. The van der Waals surface area contributed by atoms with E-state index in [1.807, 2.05) is 6.92 Å². The standard InChI is InChI=1S/C25H29FO5/c1-17-7-3-2-4-9-19-15-20(16-21(19)23(27)12-14-24(28)30-17)31-25(29)13-11-18-8-5-6-10-22(18)26/h4-6,8-14,17,19-21,23,27H,2-3,7,15-16H2,1H3/b9-4+,13-11+,14-12+/t17-,19+,20-,21+,23+/m0/s1. The first kappa shape index (κ1) is 22.9. The normalized spacial score (nSPS) is 31.6. The lowest BCUT2D eigenvalue weighted by atomic mass is 9.90. The number of aliphatic hydroxyl groups excluding tert-OH is 1. The van der Waals surface area contributed by atoms with E-state index >= 15 is 0 Å². The molecule has 1 aromatic carbocycles. The van der Waals surface area contributed by atoms with Crippen molar-refractivity contribution in [2.45, 2.75) is 57.3 Å². The van der Waals surface area contributed by atoms with Gasteiger partial charge in [-0.15, -0.1) is 0 Å². The van der Waals surface area contributed by atoms with Gasteiger partial charge in [-0.25, -0.2) is 14.0 Å². The van der Waals surface area contributed by atoms with E-state index in [0.29, 0.717) is 18.4 Å². The number of halogens is 1. The van der Waals surface area contributed by atoms with Crippen molar-refractivity contribution in [1.29, 1.82) is 0 Å². The molecule has 1 saturated carbocycles. The minimum Gasteiger partial charge on any atom is -0.460 e. The molecule has 0 amide bonds. The fourth-order valence-electron chi connectivity index (χ4n) is 4.15. The summed E-state index contributed by atoms with van der Waals surface area (Å²) in [4.78, 5) is 24.1. The van der Waals surface area contributed by atoms with Crippen molar-refractivity contribution in [3.05, 3.63) is 66.0 Å². The fraction of sp³-hybridized carbons (Fsp3) is 0.440. The second kappa shape index (κ2) is 11.0. The molecule has 1 aliphatic heterocycles. The zero-order valence-electron chi connectivity index (χ0n) is 17.7. The number of aliphatic hydroxyl groups is 1. The second-order valence-corrected chi connectivity index (χ2v) is 8.17. The fourth-order valence-corrected chi connectivity index (χ4v) is 4.15. The van der Waals surface area contributed by atoms with Crippen molar-refractivity contribution in [3.8, 4) is 0 Å². The highest BCUT2D eigenvalue weighted by molar-refractivity contribution is 5.87. The van der Waals surface area contributed by atoms with Crippen LogP contribution in [0.5, 0.6) is 0 Å². The third-order valence-electron chi connectivity index (χ3n) is 5.76. The first-order valence-electron chi connectivity index (χ1n) is 10.8. The summed E-state index contributed by atoms with van der Waals surface area (Å²) in [5, 5.41) is 10.6. The van der Waals surface area contributed by atoms with E-state index in [-0.39, 0.29) is 24.0 Å². The summed E-state index contributed by atoms with van der Waals surface area (Å²) in [5.41, 5.74) is 0.313. The molecule has 1 fully saturated rings. The maximum atomic E-state index is 13.7. The Morgan fingerprint density at radius 1 is 1.26 bits per heavy atom. The van der Waals surface area contributed by atoms with Crippen molar-refractivity contribution < 1.29 is 28.6 Å². The number of fused-ring (bicyclic) bond motifs is 1. The number of cyclic esters (lactones) is 1. The minimum atomic E-state index is -0.851. The molecule has 0 radical (unpaired) electrons. The van der Waals surface area contributed by atoms with Crippen LogP contribution in [-0.4, -0.2) is 35.4 Å². The molecule has 1 heterocycles. The molecule has 2 aliphatic rings. The molecule has 31 heavy (non-hydrogen) atoms. The van der Waals surface area contributed by atoms with Crippen LogP contribution in [-0.2, 0) is 19.1 Å². The quantitative estimate of drug-likeness (QED) is 0.440. The molecule has 1 aliphatic carbocycles. The van der Waals surface area contributed by atoms with Crippen LogP contribution in [0.15, 0.2) is 54.6 Å². The van der Waals surface area contributed by atoms with Gasteiger partial charge in [-0.05, 0) is 69.1 Å². The van der Waals surface area contributed by atoms with Crippen LogP contribution in [0.3, 0.4) is 0 Å². The SMILES string of the molecule is C[C@H]1CCC/C=C/[C@@H]2C[C@H](OC(=O)/C=C/c3ccccc3F)C[C@H]2[C@H](O)/C=C/C(=O)O1. The van der Waals surface area contributed by atoms with Crippen LogP contribution in [0.25, 0.3) is 6.08 Å². The number of carbonyl (C=O) groups is 2. The molecule has 166 valence electrons. The summed E-state index contributed by atoms with van der Waals surface area (Å²) >= 11 is 0. The number of ether oxygens (including phenoxy) is 2. The predicted octanol–water partition coefficient (Wildman–Crippen LogP) is 4.37. The Labute approximate surface area is 182 Å². The third-order valence-corrected chi connectivity index (χ3v) is 5.76. The lowest BCUT2D eigenvalue weighted by Gasteiger charge is -2.19. The van der Waals surface area contributed by atoms with Gasteiger partial charge in [-0.2, -0.15) is 0 Å². The van der Waals surface area contributed by atoms with Crippen molar-refractivity contribution in [1.82, 2.24) is 0 Å². The molecular weight excluding hydrogens is 399 g/mol. The van der Waals surface area contributed by atoms with Crippen LogP contribution in [0.1, 0.15) is 44.6 Å². The zero-order chi connectivity index (χ0) is 22.2. The van der Waals surface area contributed by atoms with Crippen LogP contribution < -0.4 is 0 Å². The zero-order valence-corrected chi connectivity index (χ0v) is 17.7. The molecule has 0 saturated heterocycles. The van der Waals surface area contributed by atoms with E-state index in [1.165, 1.54) is 30.4 Å². The summed E-state index contributed by atoms with van der Waals surface area (Å²) < 4.78 is 24.5. The van der Waals surface area contributed by atoms with Gasteiger partial charge in [0.05, 0.1) is 12.2 Å². The Hall–Kier alpha value is -2.73. The topological polar surface area (TPSA) is 72.8 Å². The van der Waals surface area contributed by atoms with Crippen molar-refractivity contribution in [2.24, 2.45) is 11.8 Å². The number of benzene rings is 1. The van der Waals surface area contributed by atoms with Crippen LogP contribution in [0.4, 0.5) is 4.39 Å². The predicted molar refractivity (Wildman–Crippen MR) is 115 cm³/mol. The van der Waals surface area contributed by atoms with E-state index in [1.54, 1.807) is 18.2 Å². The number of hydrogen-bond donors (Lipinski definition) is 1. The van der Waals surface area contributed by atoms with Gasteiger partial charge in [0.1, 0.15) is 11.9 Å². The summed E-state index contributed by atoms with van der Waals surface area (Å²) in [6.45, 7) is 1.86. The summed E-state index contributed by atoms with van der Waals surface area (Å²) in [6.07, 6.45) is 11.7. The molecule has 0 spiro atoms. The Morgan fingerprint density at radius 3 is 2.87 bits per heavy atom. The van der Waals surface area contributed by atoms with Gasteiger partial charge < -0.3 is 14.6 Å². The lowest BCUT2D eigenvalue weighted by Crippen LogP contribution is -2.22. The van der Waals surface area contributed by atoms with E-state index in [9.17, 15) is 19.1 Å². The number of allylic oxidation sites excluding steroid dienone is 2. The number of esters is 2. The lowest BCUT2D eigenvalue weighted by molar-refractivity contribution is -0.143. The Morgan fingerprint density at radius 2 is 2.06 bits per heavy atom. The molecule has 3 rings (SSSR count). The van der Waals surface area contributed by atoms with E-state index in [2.05, 4.69) is 12.2 Å². The molecular formula is C25H29FO5. The Bertz CT molecular complexity index is 859. The summed E-state index contributed by atoms with van der Waals surface area (Å²) in [7, 11) is 0. The van der Waals surface area contributed by atoms with Gasteiger partial charge in [0, 0.05) is 17.7 Å². The maximum Gasteiger partial charge on any atom is 0.331 e.